The van der Waals surface area contributed by atoms with Crippen LogP contribution in [0.15, 0.2) is 0 Å². The molecule has 4 heteroatoms. The molecule has 2 unspecified atom stereocenters. The van der Waals surface area contributed by atoms with Gasteiger partial charge in [0.15, 0.2) is 0 Å². The van der Waals surface area contributed by atoms with Crippen LogP contribution in [-0.2, 0) is 4.79 Å². The highest BCUT2D eigenvalue weighted by Crippen LogP contribution is 2.18. The normalized spacial score (nSPS) is 24.1. The van der Waals surface area contributed by atoms with E-state index in [1.54, 1.807) is 4.90 Å². The predicted octanol–water partition coefficient (Wildman–Crippen LogP) is 0.134. The van der Waals surface area contributed by atoms with E-state index in [0.29, 0.717) is 12.5 Å². The van der Waals surface area contributed by atoms with Crippen LogP contribution in [0.25, 0.3) is 0 Å². The molecule has 2 N–H and O–H groups in total. The molecule has 2 atom stereocenters. The molecule has 4 nitrogen and oxygen atoms in total. The van der Waals surface area contributed by atoms with Crippen molar-refractivity contribution in [2.24, 2.45) is 11.7 Å². The molecule has 1 rings (SSSR count). The maximum atomic E-state index is 11.7. The second-order valence-electron chi connectivity index (χ2n) is 4.55. The first-order valence-corrected chi connectivity index (χ1v) is 5.76. The average Bonchev–Trinajstić information content (AvgIpc) is 2.65. The molecule has 0 bridgehead atoms. The molecule has 1 heterocycles. The van der Waals surface area contributed by atoms with Gasteiger partial charge in [0.25, 0.3) is 0 Å². The molecule has 0 aromatic rings. The lowest BCUT2D eigenvalue weighted by molar-refractivity contribution is -0.130. The second kappa shape index (κ2) is 5.47. The first-order valence-electron chi connectivity index (χ1n) is 5.76. The first-order chi connectivity index (χ1) is 7.04. The summed E-state index contributed by atoms with van der Waals surface area (Å²) in [5, 5.41) is 0. The minimum atomic E-state index is 0.211. The van der Waals surface area contributed by atoms with Crippen LogP contribution in [0.5, 0.6) is 0 Å². The Morgan fingerprint density at radius 2 is 2.33 bits per heavy atom. The van der Waals surface area contributed by atoms with Gasteiger partial charge in [0.05, 0.1) is 6.54 Å². The lowest BCUT2D eigenvalue weighted by atomic mass is 10.0. The minimum Gasteiger partial charge on any atom is -0.345 e. The van der Waals surface area contributed by atoms with Crippen molar-refractivity contribution < 1.29 is 4.79 Å². The number of nitrogens with zero attached hydrogens (tertiary/aromatic N) is 2. The monoisotopic (exact) mass is 213 g/mol. The van der Waals surface area contributed by atoms with Gasteiger partial charge in [0.2, 0.25) is 5.91 Å². The number of amides is 1. The van der Waals surface area contributed by atoms with Crippen LogP contribution in [0.2, 0.25) is 0 Å². The predicted molar refractivity (Wildman–Crippen MR) is 61.5 cm³/mol. The van der Waals surface area contributed by atoms with E-state index in [4.69, 9.17) is 5.73 Å². The Balaban J connectivity index is 2.33. The number of nitrogens with two attached hydrogens (primary N) is 1. The molecule has 1 aliphatic rings. The van der Waals surface area contributed by atoms with Crippen molar-refractivity contribution >= 4 is 5.91 Å². The van der Waals surface area contributed by atoms with Gasteiger partial charge in [-0.05, 0) is 32.7 Å². The van der Waals surface area contributed by atoms with Gasteiger partial charge in [0, 0.05) is 26.2 Å². The minimum absolute atomic E-state index is 0.211. The van der Waals surface area contributed by atoms with E-state index in [-0.39, 0.29) is 11.9 Å². The van der Waals surface area contributed by atoms with E-state index in [0.717, 1.165) is 26.1 Å². The second-order valence-corrected chi connectivity index (χ2v) is 4.55. The largest absolute Gasteiger partial charge is 0.345 e. The Morgan fingerprint density at radius 1 is 1.67 bits per heavy atom. The van der Waals surface area contributed by atoms with Crippen LogP contribution in [0.3, 0.4) is 0 Å². The Morgan fingerprint density at radius 3 is 2.80 bits per heavy atom. The molecule has 0 radical (unpaired) electrons. The van der Waals surface area contributed by atoms with Crippen molar-refractivity contribution in [1.29, 1.82) is 0 Å². The van der Waals surface area contributed by atoms with Crippen molar-refractivity contribution in [3.05, 3.63) is 0 Å². The number of hydrogen-bond acceptors (Lipinski definition) is 3. The van der Waals surface area contributed by atoms with Gasteiger partial charge >= 0.3 is 0 Å². The summed E-state index contributed by atoms with van der Waals surface area (Å²) in [7, 11) is 1.85. The van der Waals surface area contributed by atoms with Crippen molar-refractivity contribution in [2.45, 2.75) is 26.3 Å². The fourth-order valence-electron chi connectivity index (χ4n) is 1.92. The zero-order valence-corrected chi connectivity index (χ0v) is 10.1. The Bertz CT molecular complexity index is 218. The number of likely N-dealkylation sites (N-methyl/N-ethyl adjacent to an activating group) is 1. The summed E-state index contributed by atoms with van der Waals surface area (Å²) >= 11 is 0. The van der Waals surface area contributed by atoms with Crippen LogP contribution in [-0.4, -0.2) is 55.0 Å². The van der Waals surface area contributed by atoms with Gasteiger partial charge in [-0.1, -0.05) is 0 Å². The van der Waals surface area contributed by atoms with E-state index in [1.165, 1.54) is 0 Å². The van der Waals surface area contributed by atoms with E-state index < -0.39 is 0 Å². The molecule has 0 aromatic heterocycles. The fourth-order valence-corrected chi connectivity index (χ4v) is 1.92. The van der Waals surface area contributed by atoms with Gasteiger partial charge in [-0.25, -0.2) is 0 Å². The number of hydrogen-bond donors (Lipinski definition) is 1. The third-order valence-electron chi connectivity index (χ3n) is 3.31. The van der Waals surface area contributed by atoms with Crippen molar-refractivity contribution in [3.63, 3.8) is 0 Å². The molecule has 0 aromatic carbocycles. The summed E-state index contributed by atoms with van der Waals surface area (Å²) in [5.74, 6) is 0.771. The van der Waals surface area contributed by atoms with Crippen LogP contribution < -0.4 is 5.73 Å². The maximum absolute atomic E-state index is 11.7. The number of carbonyl (C=O) groups is 1. The van der Waals surface area contributed by atoms with E-state index in [9.17, 15) is 4.79 Å². The highest BCUT2D eigenvalue weighted by atomic mass is 16.2. The quantitative estimate of drug-likeness (QED) is 0.722. The van der Waals surface area contributed by atoms with Crippen LogP contribution in [0.1, 0.15) is 20.3 Å². The Labute approximate surface area is 92.4 Å². The van der Waals surface area contributed by atoms with Crippen molar-refractivity contribution in [3.8, 4) is 0 Å². The number of rotatable bonds is 4. The first kappa shape index (κ1) is 12.5. The molecule has 88 valence electrons. The topological polar surface area (TPSA) is 49.6 Å². The third-order valence-corrected chi connectivity index (χ3v) is 3.31. The smallest absolute Gasteiger partial charge is 0.236 e. The summed E-state index contributed by atoms with van der Waals surface area (Å²) in [6.07, 6.45) is 1.13. The average molecular weight is 213 g/mol. The molecule has 1 fully saturated rings. The summed E-state index contributed by atoms with van der Waals surface area (Å²) < 4.78 is 0. The summed E-state index contributed by atoms with van der Waals surface area (Å²) in [5.41, 5.74) is 5.85. The van der Waals surface area contributed by atoms with E-state index >= 15 is 0 Å². The van der Waals surface area contributed by atoms with Gasteiger partial charge in [-0.2, -0.15) is 0 Å². The van der Waals surface area contributed by atoms with Gasteiger partial charge in [-0.15, -0.1) is 0 Å². The number of carbonyl (C=O) groups excluding carboxylic acids is 1. The van der Waals surface area contributed by atoms with Crippen molar-refractivity contribution in [1.82, 2.24) is 9.80 Å². The number of likely N-dealkylation sites (tertiary alicyclic amines) is 1. The zero-order valence-electron chi connectivity index (χ0n) is 10.1. The molecule has 1 aliphatic heterocycles. The molecule has 15 heavy (non-hydrogen) atoms. The molecule has 1 saturated heterocycles. The molecule has 0 aliphatic carbocycles. The van der Waals surface area contributed by atoms with Gasteiger partial charge in [0.1, 0.15) is 0 Å². The van der Waals surface area contributed by atoms with Crippen LogP contribution in [0.4, 0.5) is 0 Å². The lowest BCUT2D eigenvalue weighted by Crippen LogP contribution is -2.38. The van der Waals surface area contributed by atoms with Gasteiger partial charge < -0.3 is 10.6 Å². The molecule has 0 saturated carbocycles. The SMILES string of the molecule is CCN(C)C(=O)CN1CCC(C(C)N)C1. The Hall–Kier alpha value is -0.610. The molecule has 0 spiro atoms. The highest BCUT2D eigenvalue weighted by molar-refractivity contribution is 5.77. The Kier molecular flexibility index (Phi) is 4.54. The van der Waals surface area contributed by atoms with Crippen LogP contribution >= 0.6 is 0 Å². The molecular weight excluding hydrogens is 190 g/mol. The lowest BCUT2D eigenvalue weighted by Gasteiger charge is -2.21. The summed E-state index contributed by atoms with van der Waals surface area (Å²) in [6.45, 7) is 7.36. The van der Waals surface area contributed by atoms with Gasteiger partial charge in [-0.3, -0.25) is 9.69 Å². The standard InChI is InChI=1S/C11H23N3O/c1-4-13(3)11(15)8-14-6-5-10(7-14)9(2)12/h9-10H,4-8,12H2,1-3H3. The zero-order chi connectivity index (χ0) is 11.4. The van der Waals surface area contributed by atoms with E-state index in [2.05, 4.69) is 4.90 Å². The van der Waals surface area contributed by atoms with Crippen molar-refractivity contribution in [2.75, 3.05) is 33.2 Å². The maximum Gasteiger partial charge on any atom is 0.236 e. The molecular formula is C11H23N3O. The summed E-state index contributed by atoms with van der Waals surface area (Å²) in [4.78, 5) is 15.6. The van der Waals surface area contributed by atoms with Crippen LogP contribution in [0, 0.1) is 5.92 Å². The molecule has 1 amide bonds. The highest BCUT2D eigenvalue weighted by Gasteiger charge is 2.26. The summed E-state index contributed by atoms with van der Waals surface area (Å²) in [6, 6.07) is 0.244. The fraction of sp³-hybridized carbons (Fsp3) is 0.909. The van der Waals surface area contributed by atoms with E-state index in [1.807, 2.05) is 20.9 Å². The third kappa shape index (κ3) is 3.47.